The van der Waals surface area contributed by atoms with Crippen molar-refractivity contribution < 1.29 is 44.1 Å². The lowest BCUT2D eigenvalue weighted by Gasteiger charge is -2.20. The Kier molecular flexibility index (Phi) is 12.8. The first-order valence-electron chi connectivity index (χ1n) is 8.76. The van der Waals surface area contributed by atoms with Gasteiger partial charge in [0.15, 0.2) is 0 Å². The minimum atomic E-state index is -1.69. The van der Waals surface area contributed by atoms with Gasteiger partial charge < -0.3 is 37.0 Å². The van der Waals surface area contributed by atoms with E-state index in [4.69, 9.17) is 21.1 Å². The Morgan fingerprint density at radius 2 is 1.53 bits per heavy atom. The van der Waals surface area contributed by atoms with Gasteiger partial charge in [0, 0.05) is 6.42 Å². The Balaban J connectivity index is 4.88. The molecule has 0 aliphatic rings. The molecule has 0 fully saturated rings. The van der Waals surface area contributed by atoms with Gasteiger partial charge in [0.1, 0.15) is 12.1 Å². The van der Waals surface area contributed by atoms with Crippen molar-refractivity contribution in [2.75, 3.05) is 18.6 Å². The fourth-order valence-electron chi connectivity index (χ4n) is 2.10. The molecule has 3 amide bonds. The van der Waals surface area contributed by atoms with Crippen molar-refractivity contribution in [1.82, 2.24) is 16.0 Å². The number of thioether (sulfide) groups is 1. The molecule has 30 heavy (non-hydrogen) atoms. The van der Waals surface area contributed by atoms with Gasteiger partial charge in [-0.15, -0.1) is 0 Å². The molecular weight excluding hydrogens is 424 g/mol. The third kappa shape index (κ3) is 11.9. The van der Waals surface area contributed by atoms with Crippen molar-refractivity contribution in [1.29, 1.82) is 0 Å². The average Bonchev–Trinajstić information content (AvgIpc) is 2.65. The lowest BCUT2D eigenvalue weighted by Crippen LogP contribution is -2.53. The standard InChI is InChI=1S/C16H26N4O9S/c1-30-5-4-8(17)14(26)20-9(2-3-12(22)23)15(27)18-7-11(21)19-10(16(28)29)6-13(24)25/h8-10H,2-7,17H2,1H3,(H,18,27)(H,19,21)(H,20,26)(H,22,23)(H,24,25)(H,28,29)/t8-,9-,10-/m0/s1. The molecule has 0 saturated heterocycles. The topological polar surface area (TPSA) is 225 Å². The number of carboxylic acids is 3. The number of carbonyl (C=O) groups is 6. The smallest absolute Gasteiger partial charge is 0.326 e. The van der Waals surface area contributed by atoms with Gasteiger partial charge in [-0.25, -0.2) is 4.79 Å². The number of rotatable bonds is 15. The third-order valence-corrected chi connectivity index (χ3v) is 4.33. The lowest BCUT2D eigenvalue weighted by molar-refractivity contribution is -0.147. The van der Waals surface area contributed by atoms with E-state index in [9.17, 15) is 28.8 Å². The molecule has 0 aromatic rings. The van der Waals surface area contributed by atoms with Gasteiger partial charge in [0.2, 0.25) is 17.7 Å². The fraction of sp³-hybridized carbons (Fsp3) is 0.625. The number of aliphatic carboxylic acids is 3. The van der Waals surface area contributed by atoms with E-state index in [2.05, 4.69) is 10.6 Å². The third-order valence-electron chi connectivity index (χ3n) is 3.68. The molecule has 13 nitrogen and oxygen atoms in total. The highest BCUT2D eigenvalue weighted by molar-refractivity contribution is 7.98. The Morgan fingerprint density at radius 3 is 2.03 bits per heavy atom. The second-order valence-electron chi connectivity index (χ2n) is 6.16. The predicted molar refractivity (Wildman–Crippen MR) is 105 cm³/mol. The molecule has 0 bridgehead atoms. The SMILES string of the molecule is CSCC[C@H](N)C(=O)N[C@@H](CCC(=O)O)C(=O)NCC(=O)N[C@@H](CC(=O)O)C(=O)O. The van der Waals surface area contributed by atoms with Crippen LogP contribution in [0.3, 0.4) is 0 Å². The number of hydrogen-bond donors (Lipinski definition) is 7. The van der Waals surface area contributed by atoms with Crippen LogP contribution >= 0.6 is 11.8 Å². The van der Waals surface area contributed by atoms with Crippen molar-refractivity contribution in [3.8, 4) is 0 Å². The molecule has 3 atom stereocenters. The maximum atomic E-state index is 12.3. The number of nitrogens with one attached hydrogen (secondary N) is 3. The van der Waals surface area contributed by atoms with Gasteiger partial charge in [0.05, 0.1) is 19.0 Å². The summed E-state index contributed by atoms with van der Waals surface area (Å²) >= 11 is 1.47. The van der Waals surface area contributed by atoms with Crippen LogP contribution in [0.15, 0.2) is 0 Å². The number of carboxylic acid groups (broad SMARTS) is 3. The molecule has 0 aliphatic heterocycles. The summed E-state index contributed by atoms with van der Waals surface area (Å²) in [5.41, 5.74) is 5.71. The quantitative estimate of drug-likeness (QED) is 0.139. The number of amides is 3. The fourth-order valence-corrected chi connectivity index (χ4v) is 2.59. The predicted octanol–water partition coefficient (Wildman–Crippen LogP) is -2.42. The van der Waals surface area contributed by atoms with E-state index >= 15 is 0 Å². The van der Waals surface area contributed by atoms with Crippen molar-refractivity contribution in [2.45, 2.75) is 43.8 Å². The minimum Gasteiger partial charge on any atom is -0.481 e. The van der Waals surface area contributed by atoms with Gasteiger partial charge in [-0.3, -0.25) is 24.0 Å². The first-order chi connectivity index (χ1) is 14.0. The second-order valence-corrected chi connectivity index (χ2v) is 7.14. The molecule has 0 radical (unpaired) electrons. The number of hydrogen-bond acceptors (Lipinski definition) is 8. The molecule has 0 spiro atoms. The van der Waals surface area contributed by atoms with E-state index in [1.807, 2.05) is 11.6 Å². The van der Waals surface area contributed by atoms with Crippen molar-refractivity contribution >= 4 is 47.4 Å². The zero-order chi connectivity index (χ0) is 23.3. The zero-order valence-electron chi connectivity index (χ0n) is 16.3. The molecule has 0 rings (SSSR count). The summed E-state index contributed by atoms with van der Waals surface area (Å²) in [7, 11) is 0. The highest BCUT2D eigenvalue weighted by Gasteiger charge is 2.26. The van der Waals surface area contributed by atoms with Crippen LogP contribution < -0.4 is 21.7 Å². The molecule has 14 heteroatoms. The van der Waals surface area contributed by atoms with Gasteiger partial charge >= 0.3 is 17.9 Å². The summed E-state index contributed by atoms with van der Waals surface area (Å²) in [5, 5.41) is 32.8. The molecule has 0 aromatic carbocycles. The summed E-state index contributed by atoms with van der Waals surface area (Å²) < 4.78 is 0. The van der Waals surface area contributed by atoms with E-state index in [-0.39, 0.29) is 6.42 Å². The molecule has 0 saturated carbocycles. The normalized spacial score (nSPS) is 13.4. The van der Waals surface area contributed by atoms with Gasteiger partial charge in [-0.2, -0.15) is 11.8 Å². The minimum absolute atomic E-state index is 0.263. The first-order valence-corrected chi connectivity index (χ1v) is 10.2. The molecule has 8 N–H and O–H groups in total. The first kappa shape index (κ1) is 27.1. The van der Waals surface area contributed by atoms with Crippen LogP contribution in [0.5, 0.6) is 0 Å². The Labute approximate surface area is 176 Å². The van der Waals surface area contributed by atoms with Crippen LogP contribution in [-0.4, -0.2) is 87.6 Å². The van der Waals surface area contributed by atoms with Crippen LogP contribution in [0.1, 0.15) is 25.7 Å². The monoisotopic (exact) mass is 450 g/mol. The molecular formula is C16H26N4O9S. The van der Waals surface area contributed by atoms with Crippen molar-refractivity contribution in [3.63, 3.8) is 0 Å². The van der Waals surface area contributed by atoms with Gasteiger partial charge in [0.25, 0.3) is 0 Å². The molecule has 0 aliphatic carbocycles. The van der Waals surface area contributed by atoms with Crippen LogP contribution in [0.2, 0.25) is 0 Å². The van der Waals surface area contributed by atoms with Crippen LogP contribution in [0, 0.1) is 0 Å². The Hall–Kier alpha value is -2.87. The van der Waals surface area contributed by atoms with Gasteiger partial charge in [-0.05, 0) is 24.9 Å². The average molecular weight is 450 g/mol. The highest BCUT2D eigenvalue weighted by Crippen LogP contribution is 2.02. The summed E-state index contributed by atoms with van der Waals surface area (Å²) in [6.45, 7) is -0.708. The maximum absolute atomic E-state index is 12.3. The van der Waals surface area contributed by atoms with Gasteiger partial charge in [-0.1, -0.05) is 0 Å². The summed E-state index contributed by atoms with van der Waals surface area (Å²) in [6, 6.07) is -3.88. The second kappa shape index (κ2) is 14.2. The van der Waals surface area contributed by atoms with Crippen molar-refractivity contribution in [3.05, 3.63) is 0 Å². The molecule has 0 heterocycles. The Bertz CT molecular complexity index is 659. The van der Waals surface area contributed by atoms with E-state index in [0.717, 1.165) is 0 Å². The zero-order valence-corrected chi connectivity index (χ0v) is 17.1. The Morgan fingerprint density at radius 1 is 0.900 bits per heavy atom. The summed E-state index contributed by atoms with van der Waals surface area (Å²) in [4.78, 5) is 68.5. The molecule has 170 valence electrons. The summed E-state index contributed by atoms with van der Waals surface area (Å²) in [6.07, 6.45) is 0.595. The summed E-state index contributed by atoms with van der Waals surface area (Å²) in [5.74, 6) is -6.12. The van der Waals surface area contributed by atoms with Crippen LogP contribution in [0.4, 0.5) is 0 Å². The van der Waals surface area contributed by atoms with Crippen LogP contribution in [-0.2, 0) is 28.8 Å². The molecule has 0 unspecified atom stereocenters. The lowest BCUT2D eigenvalue weighted by atomic mass is 10.1. The van der Waals surface area contributed by atoms with E-state index in [1.54, 1.807) is 0 Å². The van der Waals surface area contributed by atoms with Crippen molar-refractivity contribution in [2.24, 2.45) is 5.73 Å². The van der Waals surface area contributed by atoms with E-state index in [1.165, 1.54) is 11.8 Å². The molecule has 0 aromatic heterocycles. The number of nitrogens with two attached hydrogens (primary N) is 1. The van der Waals surface area contributed by atoms with E-state index in [0.29, 0.717) is 12.2 Å². The highest BCUT2D eigenvalue weighted by atomic mass is 32.2. The van der Waals surface area contributed by atoms with E-state index < -0.39 is 73.1 Å². The number of carbonyl (C=O) groups excluding carboxylic acids is 3. The van der Waals surface area contributed by atoms with Crippen LogP contribution in [0.25, 0.3) is 0 Å². The maximum Gasteiger partial charge on any atom is 0.326 e. The largest absolute Gasteiger partial charge is 0.481 e.